The van der Waals surface area contributed by atoms with Gasteiger partial charge in [-0.25, -0.2) is 0 Å². The largest absolute Gasteiger partial charge is 0.508 e. The molecule has 0 saturated carbocycles. The zero-order valence-corrected chi connectivity index (χ0v) is 8.90. The van der Waals surface area contributed by atoms with E-state index in [0.717, 1.165) is 30.8 Å². The monoisotopic (exact) mass is 208 g/mol. The van der Waals surface area contributed by atoms with Gasteiger partial charge in [0, 0.05) is 18.6 Å². The maximum atomic E-state index is 9.42. The molecule has 0 amide bonds. The third-order valence-electron chi connectivity index (χ3n) is 2.50. The van der Waals surface area contributed by atoms with Gasteiger partial charge in [0.1, 0.15) is 11.5 Å². The number of fused-ring (bicyclic) bond motifs is 1. The van der Waals surface area contributed by atoms with Crippen molar-refractivity contribution in [2.45, 2.75) is 25.9 Å². The second-order valence-corrected chi connectivity index (χ2v) is 3.72. The van der Waals surface area contributed by atoms with Crippen LogP contribution >= 0.6 is 0 Å². The Labute approximate surface area is 89.6 Å². The van der Waals surface area contributed by atoms with Gasteiger partial charge in [-0.15, -0.1) is 0 Å². The highest BCUT2D eigenvalue weighted by Gasteiger charge is 2.22. The zero-order valence-electron chi connectivity index (χ0n) is 8.90. The molecule has 0 spiro atoms. The molecule has 1 N–H and O–H groups in total. The van der Waals surface area contributed by atoms with E-state index in [2.05, 4.69) is 6.92 Å². The number of benzene rings is 1. The second-order valence-electron chi connectivity index (χ2n) is 3.72. The first-order valence-corrected chi connectivity index (χ1v) is 5.38. The van der Waals surface area contributed by atoms with Gasteiger partial charge in [0.05, 0.1) is 12.7 Å². The summed E-state index contributed by atoms with van der Waals surface area (Å²) >= 11 is 0. The Bertz CT molecular complexity index is 336. The van der Waals surface area contributed by atoms with Crippen LogP contribution in [0.5, 0.6) is 11.5 Å². The molecule has 2 rings (SSSR count). The van der Waals surface area contributed by atoms with Gasteiger partial charge in [0.25, 0.3) is 0 Å². The number of hydrogen-bond donors (Lipinski definition) is 1. The molecule has 1 aliphatic heterocycles. The summed E-state index contributed by atoms with van der Waals surface area (Å²) in [6.45, 7) is 3.52. The maximum Gasteiger partial charge on any atom is 0.125 e. The topological polar surface area (TPSA) is 38.7 Å². The van der Waals surface area contributed by atoms with Gasteiger partial charge >= 0.3 is 0 Å². The summed E-state index contributed by atoms with van der Waals surface area (Å²) in [7, 11) is 0. The third kappa shape index (κ3) is 2.23. The van der Waals surface area contributed by atoms with Gasteiger partial charge in [-0.05, 0) is 24.6 Å². The molecule has 1 aromatic carbocycles. The molecule has 0 aliphatic carbocycles. The number of phenols is 1. The predicted molar refractivity (Wildman–Crippen MR) is 57.2 cm³/mol. The summed E-state index contributed by atoms with van der Waals surface area (Å²) in [5.74, 6) is 1.10. The molecule has 1 unspecified atom stereocenters. The standard InChI is InChI=1S/C12H16O3/c1-2-6-14-12-5-7-15-11-4-3-9(13)8-10(11)12/h3-4,8,12-13H,2,5-7H2,1H3. The third-order valence-corrected chi connectivity index (χ3v) is 2.50. The number of rotatable bonds is 3. The molecule has 0 radical (unpaired) electrons. The summed E-state index contributed by atoms with van der Waals surface area (Å²) in [4.78, 5) is 0. The molecule has 1 heterocycles. The number of ether oxygens (including phenoxy) is 2. The van der Waals surface area contributed by atoms with Crippen LogP contribution in [0.15, 0.2) is 18.2 Å². The van der Waals surface area contributed by atoms with Crippen LogP contribution in [0.2, 0.25) is 0 Å². The molecule has 3 heteroatoms. The first-order chi connectivity index (χ1) is 7.31. The highest BCUT2D eigenvalue weighted by atomic mass is 16.5. The summed E-state index contributed by atoms with van der Waals surface area (Å²) in [5, 5.41) is 9.42. The summed E-state index contributed by atoms with van der Waals surface area (Å²) in [6, 6.07) is 5.17. The molecular formula is C12H16O3. The Hall–Kier alpha value is -1.22. The van der Waals surface area contributed by atoms with E-state index in [-0.39, 0.29) is 11.9 Å². The van der Waals surface area contributed by atoms with E-state index in [9.17, 15) is 5.11 Å². The molecule has 0 bridgehead atoms. The van der Waals surface area contributed by atoms with E-state index in [1.165, 1.54) is 0 Å². The van der Waals surface area contributed by atoms with Crippen LogP contribution in [0.25, 0.3) is 0 Å². The molecule has 0 saturated heterocycles. The van der Waals surface area contributed by atoms with E-state index in [1.807, 2.05) is 0 Å². The molecule has 0 fully saturated rings. The molecule has 82 valence electrons. The van der Waals surface area contributed by atoms with Crippen LogP contribution in [-0.2, 0) is 4.74 Å². The minimum atomic E-state index is 0.0702. The van der Waals surface area contributed by atoms with E-state index in [1.54, 1.807) is 18.2 Å². The Morgan fingerprint density at radius 2 is 2.40 bits per heavy atom. The van der Waals surface area contributed by atoms with Gasteiger partial charge in [0.15, 0.2) is 0 Å². The Balaban J connectivity index is 2.20. The van der Waals surface area contributed by atoms with E-state index in [0.29, 0.717) is 6.61 Å². The van der Waals surface area contributed by atoms with Gasteiger partial charge < -0.3 is 14.6 Å². The zero-order chi connectivity index (χ0) is 10.7. The Kier molecular flexibility index (Phi) is 3.11. The molecule has 1 aromatic rings. The Morgan fingerprint density at radius 1 is 1.53 bits per heavy atom. The summed E-state index contributed by atoms with van der Waals surface area (Å²) in [5.41, 5.74) is 0.967. The predicted octanol–water partition coefficient (Wildman–Crippen LogP) is 2.64. The molecule has 1 aliphatic rings. The lowest BCUT2D eigenvalue weighted by Gasteiger charge is -2.26. The smallest absolute Gasteiger partial charge is 0.125 e. The van der Waals surface area contributed by atoms with Crippen LogP contribution in [-0.4, -0.2) is 18.3 Å². The Morgan fingerprint density at radius 3 is 3.20 bits per heavy atom. The van der Waals surface area contributed by atoms with E-state index < -0.39 is 0 Å². The number of aromatic hydroxyl groups is 1. The molecule has 1 atom stereocenters. The average molecular weight is 208 g/mol. The lowest BCUT2D eigenvalue weighted by Crippen LogP contribution is -2.16. The summed E-state index contributed by atoms with van der Waals surface area (Å²) < 4.78 is 11.2. The minimum absolute atomic E-state index is 0.0702. The quantitative estimate of drug-likeness (QED) is 0.829. The van der Waals surface area contributed by atoms with Crippen LogP contribution in [0, 0.1) is 0 Å². The van der Waals surface area contributed by atoms with Crippen LogP contribution in [0.4, 0.5) is 0 Å². The van der Waals surface area contributed by atoms with Crippen molar-refractivity contribution in [3.8, 4) is 11.5 Å². The van der Waals surface area contributed by atoms with Crippen molar-refractivity contribution in [2.75, 3.05) is 13.2 Å². The average Bonchev–Trinajstić information content (AvgIpc) is 2.26. The second kappa shape index (κ2) is 4.53. The van der Waals surface area contributed by atoms with Crippen LogP contribution < -0.4 is 4.74 Å². The highest BCUT2D eigenvalue weighted by molar-refractivity contribution is 5.42. The highest BCUT2D eigenvalue weighted by Crippen LogP contribution is 2.36. The number of phenolic OH excluding ortho intramolecular Hbond substituents is 1. The number of hydrogen-bond acceptors (Lipinski definition) is 3. The van der Waals surface area contributed by atoms with Gasteiger partial charge in [-0.2, -0.15) is 0 Å². The molecule has 3 nitrogen and oxygen atoms in total. The van der Waals surface area contributed by atoms with Crippen molar-refractivity contribution >= 4 is 0 Å². The van der Waals surface area contributed by atoms with Crippen LogP contribution in [0.3, 0.4) is 0 Å². The lowest BCUT2D eigenvalue weighted by molar-refractivity contribution is 0.0242. The van der Waals surface area contributed by atoms with Crippen molar-refractivity contribution < 1.29 is 14.6 Å². The fourth-order valence-corrected chi connectivity index (χ4v) is 1.78. The van der Waals surface area contributed by atoms with Gasteiger partial charge in [-0.3, -0.25) is 0 Å². The van der Waals surface area contributed by atoms with Crippen molar-refractivity contribution in [2.24, 2.45) is 0 Å². The van der Waals surface area contributed by atoms with Crippen molar-refractivity contribution in [3.05, 3.63) is 23.8 Å². The van der Waals surface area contributed by atoms with Crippen molar-refractivity contribution in [1.82, 2.24) is 0 Å². The molecule has 15 heavy (non-hydrogen) atoms. The fraction of sp³-hybridized carbons (Fsp3) is 0.500. The minimum Gasteiger partial charge on any atom is -0.508 e. The van der Waals surface area contributed by atoms with Crippen LogP contribution in [0.1, 0.15) is 31.4 Å². The normalized spacial score (nSPS) is 19.4. The van der Waals surface area contributed by atoms with E-state index >= 15 is 0 Å². The maximum absolute atomic E-state index is 9.42. The van der Waals surface area contributed by atoms with Crippen molar-refractivity contribution in [3.63, 3.8) is 0 Å². The molecule has 0 aromatic heterocycles. The fourth-order valence-electron chi connectivity index (χ4n) is 1.78. The summed E-state index contributed by atoms with van der Waals surface area (Å²) in [6.07, 6.45) is 1.93. The van der Waals surface area contributed by atoms with Gasteiger partial charge in [0.2, 0.25) is 0 Å². The van der Waals surface area contributed by atoms with Gasteiger partial charge in [-0.1, -0.05) is 6.92 Å². The first kappa shape index (κ1) is 10.3. The lowest BCUT2D eigenvalue weighted by atomic mass is 10.0. The first-order valence-electron chi connectivity index (χ1n) is 5.38. The van der Waals surface area contributed by atoms with Crippen molar-refractivity contribution in [1.29, 1.82) is 0 Å². The molecular weight excluding hydrogens is 192 g/mol. The van der Waals surface area contributed by atoms with E-state index in [4.69, 9.17) is 9.47 Å². The SMILES string of the molecule is CCCOC1CCOc2ccc(O)cc21.